The number of rotatable bonds is 3. The number of nitrogens with one attached hydrogen (secondary N) is 1. The van der Waals surface area contributed by atoms with Crippen molar-refractivity contribution in [2.75, 3.05) is 13.6 Å². The second-order valence-electron chi connectivity index (χ2n) is 3.37. The van der Waals surface area contributed by atoms with Gasteiger partial charge in [-0.25, -0.2) is 0 Å². The van der Waals surface area contributed by atoms with E-state index in [-0.39, 0.29) is 5.78 Å². The normalized spacial score (nSPS) is 10.5. The summed E-state index contributed by atoms with van der Waals surface area (Å²) in [4.78, 5) is 15.7. The molecule has 0 fully saturated rings. The summed E-state index contributed by atoms with van der Waals surface area (Å²) in [5, 5.41) is 4.93. The molecule has 0 saturated carbocycles. The van der Waals surface area contributed by atoms with Crippen LogP contribution in [0.5, 0.6) is 0 Å². The first-order valence-electron chi connectivity index (χ1n) is 4.84. The van der Waals surface area contributed by atoms with Crippen LogP contribution in [-0.2, 0) is 0 Å². The third-order valence-corrected chi connectivity index (χ3v) is 2.25. The minimum Gasteiger partial charge on any atom is -0.313 e. The van der Waals surface area contributed by atoms with Crippen molar-refractivity contribution in [2.45, 2.75) is 0 Å². The highest BCUT2D eigenvalue weighted by Crippen LogP contribution is 2.13. The van der Waals surface area contributed by atoms with Crippen molar-refractivity contribution in [2.24, 2.45) is 0 Å². The van der Waals surface area contributed by atoms with Gasteiger partial charge in [-0.2, -0.15) is 0 Å². The van der Waals surface area contributed by atoms with Crippen LogP contribution in [0.2, 0.25) is 0 Å². The number of benzene rings is 1. The summed E-state index contributed by atoms with van der Waals surface area (Å²) in [6, 6.07) is 9.70. The van der Waals surface area contributed by atoms with Gasteiger partial charge in [-0.1, -0.05) is 24.3 Å². The standard InChI is InChI=1S/C12H12N2O/c1-13-8-12(15)11-6-9-4-2-3-5-10(9)7-14-11/h2-7,13H,8H2,1H3. The predicted octanol–water partition coefficient (Wildman–Crippen LogP) is 1.64. The molecule has 0 atom stereocenters. The van der Waals surface area contributed by atoms with Gasteiger partial charge in [0.25, 0.3) is 0 Å². The SMILES string of the molecule is CNCC(=O)c1cc2ccccc2cn1. The Labute approximate surface area is 88.1 Å². The van der Waals surface area contributed by atoms with Crippen LogP contribution in [-0.4, -0.2) is 24.4 Å². The van der Waals surface area contributed by atoms with E-state index in [9.17, 15) is 4.79 Å². The first-order valence-corrected chi connectivity index (χ1v) is 4.84. The van der Waals surface area contributed by atoms with Gasteiger partial charge < -0.3 is 5.32 Å². The smallest absolute Gasteiger partial charge is 0.194 e. The molecule has 0 radical (unpaired) electrons. The highest BCUT2D eigenvalue weighted by Gasteiger charge is 2.06. The molecular weight excluding hydrogens is 188 g/mol. The molecule has 0 aliphatic carbocycles. The highest BCUT2D eigenvalue weighted by molar-refractivity contribution is 5.98. The Balaban J connectivity index is 2.42. The topological polar surface area (TPSA) is 42.0 Å². The fourth-order valence-corrected chi connectivity index (χ4v) is 1.49. The molecule has 1 aromatic carbocycles. The van der Waals surface area contributed by atoms with Crippen molar-refractivity contribution in [3.05, 3.63) is 42.2 Å². The van der Waals surface area contributed by atoms with Crippen molar-refractivity contribution in [1.82, 2.24) is 10.3 Å². The summed E-state index contributed by atoms with van der Waals surface area (Å²) in [5.74, 6) is 0.0169. The Morgan fingerprint density at radius 2 is 2.07 bits per heavy atom. The molecule has 0 unspecified atom stereocenters. The summed E-state index contributed by atoms with van der Waals surface area (Å²) in [6.45, 7) is 0.325. The maximum Gasteiger partial charge on any atom is 0.194 e. The molecule has 0 aliphatic rings. The van der Waals surface area contributed by atoms with E-state index in [1.54, 1.807) is 13.2 Å². The number of Topliss-reactive ketones (excluding diaryl/α,β-unsaturated/α-hetero) is 1. The molecule has 0 amide bonds. The molecular formula is C12H12N2O. The molecule has 76 valence electrons. The zero-order chi connectivity index (χ0) is 10.7. The molecule has 2 aromatic rings. The molecule has 0 bridgehead atoms. The van der Waals surface area contributed by atoms with Gasteiger partial charge in [0.05, 0.1) is 6.54 Å². The van der Waals surface area contributed by atoms with Crippen LogP contribution in [0.25, 0.3) is 10.8 Å². The minimum absolute atomic E-state index is 0.0169. The second-order valence-corrected chi connectivity index (χ2v) is 3.37. The number of hydrogen-bond donors (Lipinski definition) is 1. The molecule has 15 heavy (non-hydrogen) atoms. The Morgan fingerprint density at radius 1 is 1.33 bits per heavy atom. The molecule has 0 spiro atoms. The van der Waals surface area contributed by atoms with Gasteiger partial charge in [0.2, 0.25) is 0 Å². The van der Waals surface area contributed by atoms with E-state index in [0.717, 1.165) is 10.8 Å². The van der Waals surface area contributed by atoms with Gasteiger partial charge >= 0.3 is 0 Å². The fraction of sp³-hybridized carbons (Fsp3) is 0.167. The van der Waals surface area contributed by atoms with Crippen molar-refractivity contribution in [3.8, 4) is 0 Å². The number of pyridine rings is 1. The number of fused-ring (bicyclic) bond motifs is 1. The molecule has 1 aromatic heterocycles. The maximum absolute atomic E-state index is 11.6. The lowest BCUT2D eigenvalue weighted by Gasteiger charge is -2.01. The molecule has 1 heterocycles. The molecule has 0 aliphatic heterocycles. The van der Waals surface area contributed by atoms with Crippen LogP contribution in [0, 0.1) is 0 Å². The highest BCUT2D eigenvalue weighted by atomic mass is 16.1. The zero-order valence-electron chi connectivity index (χ0n) is 8.53. The summed E-state index contributed by atoms with van der Waals surface area (Å²) in [5.41, 5.74) is 0.517. The van der Waals surface area contributed by atoms with Crippen LogP contribution in [0.3, 0.4) is 0 Å². The number of hydrogen-bond acceptors (Lipinski definition) is 3. The monoisotopic (exact) mass is 200 g/mol. The van der Waals surface area contributed by atoms with Gasteiger partial charge in [-0.15, -0.1) is 0 Å². The van der Waals surface area contributed by atoms with Crippen molar-refractivity contribution in [3.63, 3.8) is 0 Å². The van der Waals surface area contributed by atoms with Gasteiger partial charge in [-0.3, -0.25) is 9.78 Å². The number of nitrogens with zero attached hydrogens (tertiary/aromatic N) is 1. The summed E-state index contributed by atoms with van der Waals surface area (Å²) < 4.78 is 0. The summed E-state index contributed by atoms with van der Waals surface area (Å²) >= 11 is 0. The van der Waals surface area contributed by atoms with E-state index in [0.29, 0.717) is 12.2 Å². The predicted molar refractivity (Wildman–Crippen MR) is 60.0 cm³/mol. The third-order valence-electron chi connectivity index (χ3n) is 2.25. The maximum atomic E-state index is 11.6. The lowest BCUT2D eigenvalue weighted by molar-refractivity contribution is 0.0989. The number of carbonyl (C=O) groups excluding carboxylic acids is 1. The first kappa shape index (κ1) is 9.80. The molecule has 0 saturated heterocycles. The van der Waals surface area contributed by atoms with Crippen molar-refractivity contribution >= 4 is 16.6 Å². The molecule has 1 N–H and O–H groups in total. The van der Waals surface area contributed by atoms with Crippen LogP contribution in [0.15, 0.2) is 36.5 Å². The van der Waals surface area contributed by atoms with E-state index in [2.05, 4.69) is 10.3 Å². The molecule has 2 rings (SSSR count). The van der Waals surface area contributed by atoms with E-state index < -0.39 is 0 Å². The van der Waals surface area contributed by atoms with E-state index in [1.807, 2.05) is 30.3 Å². The summed E-state index contributed by atoms with van der Waals surface area (Å²) in [6.07, 6.45) is 1.73. The Bertz CT molecular complexity index is 494. The van der Waals surface area contributed by atoms with Crippen LogP contribution >= 0.6 is 0 Å². The average Bonchev–Trinajstić information content (AvgIpc) is 2.29. The largest absolute Gasteiger partial charge is 0.313 e. The fourth-order valence-electron chi connectivity index (χ4n) is 1.49. The van der Waals surface area contributed by atoms with E-state index in [1.165, 1.54) is 0 Å². The summed E-state index contributed by atoms with van der Waals surface area (Å²) in [7, 11) is 1.75. The van der Waals surface area contributed by atoms with Crippen LogP contribution in [0.4, 0.5) is 0 Å². The number of likely N-dealkylation sites (N-methyl/N-ethyl adjacent to an activating group) is 1. The van der Waals surface area contributed by atoms with Gasteiger partial charge in [0.1, 0.15) is 5.69 Å². The van der Waals surface area contributed by atoms with Crippen LogP contribution < -0.4 is 5.32 Å². The Kier molecular flexibility index (Phi) is 2.74. The number of aromatic nitrogens is 1. The Hall–Kier alpha value is -1.74. The van der Waals surface area contributed by atoms with Crippen molar-refractivity contribution in [1.29, 1.82) is 0 Å². The third kappa shape index (κ3) is 2.02. The lowest BCUT2D eigenvalue weighted by atomic mass is 10.1. The second kappa shape index (κ2) is 4.19. The average molecular weight is 200 g/mol. The van der Waals surface area contributed by atoms with Gasteiger partial charge in [0.15, 0.2) is 5.78 Å². The quantitative estimate of drug-likeness (QED) is 0.766. The first-order chi connectivity index (χ1) is 7.31. The minimum atomic E-state index is 0.0169. The Morgan fingerprint density at radius 3 is 2.80 bits per heavy atom. The van der Waals surface area contributed by atoms with E-state index >= 15 is 0 Å². The van der Waals surface area contributed by atoms with E-state index in [4.69, 9.17) is 0 Å². The molecule has 3 nitrogen and oxygen atoms in total. The van der Waals surface area contributed by atoms with Crippen LogP contribution in [0.1, 0.15) is 10.5 Å². The van der Waals surface area contributed by atoms with Gasteiger partial charge in [0, 0.05) is 11.6 Å². The van der Waals surface area contributed by atoms with Crippen molar-refractivity contribution < 1.29 is 4.79 Å². The molecule has 3 heteroatoms. The zero-order valence-corrected chi connectivity index (χ0v) is 8.53. The van der Waals surface area contributed by atoms with Gasteiger partial charge in [-0.05, 0) is 18.5 Å². The lowest BCUT2D eigenvalue weighted by Crippen LogP contribution is -2.19. The number of carbonyl (C=O) groups is 1. The number of ketones is 1.